The van der Waals surface area contributed by atoms with Crippen molar-refractivity contribution in [2.45, 2.75) is 78.4 Å². The highest BCUT2D eigenvalue weighted by molar-refractivity contribution is 4.83. The Hall–Kier alpha value is -0.0800. The van der Waals surface area contributed by atoms with Crippen LogP contribution in [0.4, 0.5) is 0 Å². The molecule has 3 unspecified atom stereocenters. The van der Waals surface area contributed by atoms with E-state index in [1.54, 1.807) is 0 Å². The first-order valence-corrected chi connectivity index (χ1v) is 7.22. The molecule has 3 atom stereocenters. The van der Waals surface area contributed by atoms with Gasteiger partial charge in [0.2, 0.25) is 0 Å². The van der Waals surface area contributed by atoms with Crippen molar-refractivity contribution >= 4 is 0 Å². The maximum absolute atomic E-state index is 9.46. The number of ether oxygens (including phenoxy) is 1. The summed E-state index contributed by atoms with van der Waals surface area (Å²) < 4.78 is 5.97. The van der Waals surface area contributed by atoms with Crippen molar-refractivity contribution in [2.24, 2.45) is 11.3 Å². The largest absolute Gasteiger partial charge is 0.393 e. The molecule has 1 aliphatic carbocycles. The number of rotatable bonds is 6. The van der Waals surface area contributed by atoms with Gasteiger partial charge in [0.25, 0.3) is 0 Å². The lowest BCUT2D eigenvalue weighted by molar-refractivity contribution is -0.0264. The zero-order chi connectivity index (χ0) is 12.9. The van der Waals surface area contributed by atoms with Gasteiger partial charge in [-0.2, -0.15) is 0 Å². The average molecular weight is 242 g/mol. The Kier molecular flexibility index (Phi) is 5.94. The van der Waals surface area contributed by atoms with E-state index >= 15 is 0 Å². The molecule has 102 valence electrons. The van der Waals surface area contributed by atoms with E-state index in [0.29, 0.717) is 11.5 Å². The predicted octanol–water partition coefficient (Wildman–Crippen LogP) is 3.77. The molecule has 0 aromatic rings. The molecule has 2 heteroatoms. The van der Waals surface area contributed by atoms with E-state index in [-0.39, 0.29) is 6.10 Å². The third kappa shape index (κ3) is 5.87. The summed E-state index contributed by atoms with van der Waals surface area (Å²) in [6.07, 6.45) is 6.73. The Bertz CT molecular complexity index is 213. The lowest BCUT2D eigenvalue weighted by atomic mass is 9.71. The monoisotopic (exact) mass is 242 g/mol. The van der Waals surface area contributed by atoms with Gasteiger partial charge in [0.05, 0.1) is 12.2 Å². The van der Waals surface area contributed by atoms with E-state index in [1.807, 2.05) is 6.92 Å². The SMILES string of the molecule is CCC(O)CCCOC1CC(C)CC(C)(C)C1. The van der Waals surface area contributed by atoms with Gasteiger partial charge in [0.1, 0.15) is 0 Å². The van der Waals surface area contributed by atoms with Crippen LogP contribution in [0.1, 0.15) is 66.2 Å². The maximum atomic E-state index is 9.46. The fraction of sp³-hybridized carbons (Fsp3) is 1.00. The third-order valence-corrected chi connectivity index (χ3v) is 3.85. The molecule has 0 aromatic carbocycles. The number of hydrogen-bond acceptors (Lipinski definition) is 2. The summed E-state index contributed by atoms with van der Waals surface area (Å²) in [5, 5.41) is 9.46. The van der Waals surface area contributed by atoms with Crippen molar-refractivity contribution in [1.29, 1.82) is 0 Å². The highest BCUT2D eigenvalue weighted by Crippen LogP contribution is 2.39. The standard InChI is InChI=1S/C15H30O2/c1-5-13(16)7-6-8-17-14-9-12(2)10-15(3,4)11-14/h12-14,16H,5-11H2,1-4H3. The molecule has 0 amide bonds. The minimum Gasteiger partial charge on any atom is -0.393 e. The smallest absolute Gasteiger partial charge is 0.0582 e. The van der Waals surface area contributed by atoms with Gasteiger partial charge in [-0.1, -0.05) is 27.7 Å². The van der Waals surface area contributed by atoms with Gasteiger partial charge in [-0.05, 0) is 49.9 Å². The van der Waals surface area contributed by atoms with Gasteiger partial charge in [0, 0.05) is 6.61 Å². The number of aliphatic hydroxyl groups is 1. The lowest BCUT2D eigenvalue weighted by Gasteiger charge is -2.38. The number of hydrogen-bond donors (Lipinski definition) is 1. The second-order valence-electron chi connectivity index (χ2n) is 6.61. The Balaban J connectivity index is 2.18. The summed E-state index contributed by atoms with van der Waals surface area (Å²) in [7, 11) is 0. The molecule has 1 rings (SSSR count). The molecule has 0 spiro atoms. The van der Waals surface area contributed by atoms with Gasteiger partial charge in [0.15, 0.2) is 0 Å². The van der Waals surface area contributed by atoms with E-state index in [9.17, 15) is 5.11 Å². The molecule has 0 aromatic heterocycles. The first-order valence-electron chi connectivity index (χ1n) is 7.22. The second kappa shape index (κ2) is 6.75. The molecule has 17 heavy (non-hydrogen) atoms. The Morgan fingerprint density at radius 2 is 2.06 bits per heavy atom. The second-order valence-corrected chi connectivity index (χ2v) is 6.61. The topological polar surface area (TPSA) is 29.5 Å². The van der Waals surface area contributed by atoms with E-state index in [2.05, 4.69) is 20.8 Å². The molecule has 0 bridgehead atoms. The molecule has 0 saturated heterocycles. The summed E-state index contributed by atoms with van der Waals surface area (Å²) in [5.74, 6) is 0.782. The summed E-state index contributed by atoms with van der Waals surface area (Å²) in [6.45, 7) is 9.86. The van der Waals surface area contributed by atoms with Gasteiger partial charge < -0.3 is 9.84 Å². The minimum absolute atomic E-state index is 0.139. The summed E-state index contributed by atoms with van der Waals surface area (Å²) in [4.78, 5) is 0. The highest BCUT2D eigenvalue weighted by atomic mass is 16.5. The number of aliphatic hydroxyl groups excluding tert-OH is 1. The molecule has 1 aliphatic rings. The van der Waals surface area contributed by atoms with Crippen LogP contribution in [0.5, 0.6) is 0 Å². The van der Waals surface area contributed by atoms with Crippen LogP contribution in [-0.4, -0.2) is 23.9 Å². The maximum Gasteiger partial charge on any atom is 0.0582 e. The molecule has 0 radical (unpaired) electrons. The Morgan fingerprint density at radius 1 is 1.35 bits per heavy atom. The fourth-order valence-electron chi connectivity index (χ4n) is 3.16. The molecule has 0 heterocycles. The molecular formula is C15H30O2. The van der Waals surface area contributed by atoms with Crippen molar-refractivity contribution in [1.82, 2.24) is 0 Å². The molecule has 0 aliphatic heterocycles. The van der Waals surface area contributed by atoms with Crippen molar-refractivity contribution in [2.75, 3.05) is 6.61 Å². The summed E-state index contributed by atoms with van der Waals surface area (Å²) in [5.41, 5.74) is 0.436. The van der Waals surface area contributed by atoms with Crippen LogP contribution in [0.3, 0.4) is 0 Å². The molecular weight excluding hydrogens is 212 g/mol. The van der Waals surface area contributed by atoms with Crippen LogP contribution in [-0.2, 0) is 4.74 Å². The van der Waals surface area contributed by atoms with Crippen LogP contribution < -0.4 is 0 Å². The summed E-state index contributed by atoms with van der Waals surface area (Å²) in [6, 6.07) is 0. The van der Waals surface area contributed by atoms with E-state index in [0.717, 1.165) is 31.8 Å². The van der Waals surface area contributed by atoms with E-state index in [1.165, 1.54) is 19.3 Å². The van der Waals surface area contributed by atoms with Gasteiger partial charge in [-0.15, -0.1) is 0 Å². The highest BCUT2D eigenvalue weighted by Gasteiger charge is 2.32. The van der Waals surface area contributed by atoms with Gasteiger partial charge in [-0.25, -0.2) is 0 Å². The lowest BCUT2D eigenvalue weighted by Crippen LogP contribution is -2.32. The summed E-state index contributed by atoms with van der Waals surface area (Å²) >= 11 is 0. The van der Waals surface area contributed by atoms with E-state index < -0.39 is 0 Å². The van der Waals surface area contributed by atoms with Crippen molar-refractivity contribution in [3.05, 3.63) is 0 Å². The van der Waals surface area contributed by atoms with E-state index in [4.69, 9.17) is 4.74 Å². The zero-order valence-corrected chi connectivity index (χ0v) is 12.0. The molecule has 1 fully saturated rings. The first kappa shape index (κ1) is 15.0. The fourth-order valence-corrected chi connectivity index (χ4v) is 3.16. The van der Waals surface area contributed by atoms with Gasteiger partial charge in [-0.3, -0.25) is 0 Å². The third-order valence-electron chi connectivity index (χ3n) is 3.85. The molecule has 2 nitrogen and oxygen atoms in total. The van der Waals surface area contributed by atoms with Crippen molar-refractivity contribution < 1.29 is 9.84 Å². The van der Waals surface area contributed by atoms with Crippen molar-refractivity contribution in [3.8, 4) is 0 Å². The van der Waals surface area contributed by atoms with Crippen LogP contribution in [0.15, 0.2) is 0 Å². The Labute approximate surface area is 107 Å². The average Bonchev–Trinajstić information content (AvgIpc) is 2.21. The van der Waals surface area contributed by atoms with Crippen LogP contribution in [0.2, 0.25) is 0 Å². The minimum atomic E-state index is -0.139. The Morgan fingerprint density at radius 3 is 2.65 bits per heavy atom. The molecule has 1 saturated carbocycles. The molecule has 1 N–H and O–H groups in total. The van der Waals surface area contributed by atoms with Crippen molar-refractivity contribution in [3.63, 3.8) is 0 Å². The quantitative estimate of drug-likeness (QED) is 0.718. The van der Waals surface area contributed by atoms with Crippen LogP contribution >= 0.6 is 0 Å². The van der Waals surface area contributed by atoms with Crippen LogP contribution in [0, 0.1) is 11.3 Å². The van der Waals surface area contributed by atoms with Gasteiger partial charge >= 0.3 is 0 Å². The predicted molar refractivity (Wildman–Crippen MR) is 72.1 cm³/mol. The van der Waals surface area contributed by atoms with Crippen LogP contribution in [0.25, 0.3) is 0 Å². The zero-order valence-electron chi connectivity index (χ0n) is 12.0. The normalized spacial score (nSPS) is 30.2. The first-order chi connectivity index (χ1) is 7.93.